The van der Waals surface area contributed by atoms with Crippen LogP contribution in [0.3, 0.4) is 0 Å². The summed E-state index contributed by atoms with van der Waals surface area (Å²) in [5.74, 6) is -0.468. The van der Waals surface area contributed by atoms with Crippen LogP contribution in [0, 0.1) is 5.82 Å². The Morgan fingerprint density at radius 1 is 1.22 bits per heavy atom. The number of hydrogen-bond donors (Lipinski definition) is 3. The first kappa shape index (κ1) is 21.4. The molecule has 0 spiro atoms. The summed E-state index contributed by atoms with van der Waals surface area (Å²) >= 11 is 0. The molecule has 1 atom stereocenters. The third-order valence-electron chi connectivity index (χ3n) is 4.47. The lowest BCUT2D eigenvalue weighted by Crippen LogP contribution is -2.34. The maximum Gasteiger partial charge on any atom is 0.333 e. The van der Waals surface area contributed by atoms with Gasteiger partial charge in [0.2, 0.25) is 0 Å². The van der Waals surface area contributed by atoms with Gasteiger partial charge in [-0.2, -0.15) is 0 Å². The van der Waals surface area contributed by atoms with Crippen LogP contribution in [0.5, 0.6) is 0 Å². The minimum Gasteiger partial charge on any atom is -0.310 e. The molecule has 1 fully saturated rings. The number of urea groups is 1. The van der Waals surface area contributed by atoms with E-state index in [2.05, 4.69) is 10.6 Å². The highest BCUT2D eigenvalue weighted by Crippen LogP contribution is 2.33. The van der Waals surface area contributed by atoms with Crippen LogP contribution in [0.25, 0.3) is 0 Å². The van der Waals surface area contributed by atoms with Crippen LogP contribution in [0.4, 0.5) is 14.9 Å². The highest BCUT2D eigenvalue weighted by Gasteiger charge is 2.20. The first-order chi connectivity index (χ1) is 12.6. The Labute approximate surface area is 160 Å². The van der Waals surface area contributed by atoms with E-state index >= 15 is 0 Å². The fourth-order valence-corrected chi connectivity index (χ4v) is 3.86. The molecule has 0 aliphatic carbocycles. The summed E-state index contributed by atoms with van der Waals surface area (Å²) in [6.07, 6.45) is 3.40. The molecule has 3 N–H and O–H groups in total. The first-order valence-corrected chi connectivity index (χ1v) is 10.7. The molecule has 8 heteroatoms. The van der Waals surface area contributed by atoms with Gasteiger partial charge in [-0.1, -0.05) is 33.8 Å². The Balaban J connectivity index is 2.19. The van der Waals surface area contributed by atoms with Crippen LogP contribution >= 0.6 is 0 Å². The van der Waals surface area contributed by atoms with Crippen molar-refractivity contribution in [2.24, 2.45) is 0 Å². The number of anilines is 1. The number of halogens is 1. The number of benzene rings is 1. The van der Waals surface area contributed by atoms with E-state index < -0.39 is 16.1 Å². The van der Waals surface area contributed by atoms with Gasteiger partial charge < -0.3 is 10.6 Å². The summed E-state index contributed by atoms with van der Waals surface area (Å²) in [6.45, 7) is 8.39. The second kappa shape index (κ2) is 8.84. The molecule has 1 aromatic carbocycles. The standard InChI is InChI=1S/C19H28FN3O3S/c1-12(2)16-10-14(20)11-17(13(3)4)18(16)22-19(24)23-27(25,26)9-7-15-6-5-8-21-15/h7,9-13,15,21H,5-6,8H2,1-4H3,(H2,22,23,24)/b9-7+. The quantitative estimate of drug-likeness (QED) is 0.682. The number of amides is 2. The summed E-state index contributed by atoms with van der Waals surface area (Å²) in [7, 11) is -3.92. The van der Waals surface area contributed by atoms with Gasteiger partial charge in [0, 0.05) is 17.1 Å². The van der Waals surface area contributed by atoms with Gasteiger partial charge in [-0.15, -0.1) is 0 Å². The molecule has 0 bridgehead atoms. The molecular formula is C19H28FN3O3S. The van der Waals surface area contributed by atoms with Gasteiger partial charge in [-0.3, -0.25) is 0 Å². The molecule has 1 aliphatic heterocycles. The molecule has 27 heavy (non-hydrogen) atoms. The molecule has 1 heterocycles. The molecule has 2 rings (SSSR count). The predicted octanol–water partition coefficient (Wildman–Crippen LogP) is 3.79. The Morgan fingerprint density at radius 2 is 1.81 bits per heavy atom. The maximum atomic E-state index is 13.9. The van der Waals surface area contributed by atoms with Gasteiger partial charge in [0.25, 0.3) is 10.0 Å². The van der Waals surface area contributed by atoms with Gasteiger partial charge in [0.1, 0.15) is 5.82 Å². The molecule has 1 aliphatic rings. The zero-order valence-corrected chi connectivity index (χ0v) is 17.0. The van der Waals surface area contributed by atoms with Crippen molar-refractivity contribution in [1.82, 2.24) is 10.0 Å². The molecule has 1 saturated heterocycles. The van der Waals surface area contributed by atoms with Crippen molar-refractivity contribution < 1.29 is 17.6 Å². The van der Waals surface area contributed by atoms with Gasteiger partial charge in [0.05, 0.1) is 0 Å². The third kappa shape index (κ3) is 6.04. The van der Waals surface area contributed by atoms with Crippen molar-refractivity contribution in [2.75, 3.05) is 11.9 Å². The Hall–Kier alpha value is -1.93. The smallest absolute Gasteiger partial charge is 0.310 e. The fourth-order valence-electron chi connectivity index (χ4n) is 3.08. The number of carbonyl (C=O) groups excluding carboxylic acids is 1. The van der Waals surface area contributed by atoms with Crippen molar-refractivity contribution >= 4 is 21.7 Å². The summed E-state index contributed by atoms with van der Waals surface area (Å²) in [5.41, 5.74) is 1.70. The van der Waals surface area contributed by atoms with Gasteiger partial charge in [0.15, 0.2) is 0 Å². The molecule has 0 radical (unpaired) electrons. The van der Waals surface area contributed by atoms with Crippen molar-refractivity contribution in [3.05, 3.63) is 40.6 Å². The third-order valence-corrected chi connectivity index (χ3v) is 5.46. The number of hydrogen-bond acceptors (Lipinski definition) is 4. The number of rotatable bonds is 6. The molecule has 150 valence electrons. The largest absolute Gasteiger partial charge is 0.333 e. The van der Waals surface area contributed by atoms with Crippen LogP contribution in [0.2, 0.25) is 0 Å². The van der Waals surface area contributed by atoms with E-state index in [1.54, 1.807) is 6.08 Å². The van der Waals surface area contributed by atoms with Gasteiger partial charge in [-0.05, 0) is 54.5 Å². The van der Waals surface area contributed by atoms with E-state index in [0.717, 1.165) is 24.8 Å². The average Bonchev–Trinajstić information content (AvgIpc) is 3.07. The van der Waals surface area contributed by atoms with Crippen molar-refractivity contribution in [3.63, 3.8) is 0 Å². The normalized spacial score (nSPS) is 17.8. The Morgan fingerprint density at radius 3 is 2.30 bits per heavy atom. The number of carbonyl (C=O) groups is 1. The van der Waals surface area contributed by atoms with Crippen LogP contribution < -0.4 is 15.4 Å². The number of nitrogens with one attached hydrogen (secondary N) is 3. The zero-order chi connectivity index (χ0) is 20.2. The van der Waals surface area contributed by atoms with Gasteiger partial charge >= 0.3 is 6.03 Å². The van der Waals surface area contributed by atoms with Crippen molar-refractivity contribution in [2.45, 2.75) is 58.4 Å². The van der Waals surface area contributed by atoms with E-state index in [1.807, 2.05) is 32.4 Å². The van der Waals surface area contributed by atoms with E-state index in [-0.39, 0.29) is 23.7 Å². The minimum absolute atomic E-state index is 0.00169. The SMILES string of the molecule is CC(C)c1cc(F)cc(C(C)C)c1NC(=O)NS(=O)(=O)/C=C/C1CCCN1. The van der Waals surface area contributed by atoms with E-state index in [9.17, 15) is 17.6 Å². The minimum atomic E-state index is -3.92. The molecule has 1 aromatic rings. The van der Waals surface area contributed by atoms with Crippen molar-refractivity contribution in [1.29, 1.82) is 0 Å². The lowest BCUT2D eigenvalue weighted by atomic mass is 9.92. The molecular weight excluding hydrogens is 369 g/mol. The molecule has 0 aromatic heterocycles. The second-order valence-corrected chi connectivity index (χ2v) is 8.97. The van der Waals surface area contributed by atoms with E-state index in [0.29, 0.717) is 16.8 Å². The maximum absolute atomic E-state index is 13.9. The van der Waals surface area contributed by atoms with Crippen LogP contribution in [-0.4, -0.2) is 27.0 Å². The van der Waals surface area contributed by atoms with E-state index in [4.69, 9.17) is 0 Å². The second-order valence-electron chi connectivity index (χ2n) is 7.40. The molecule has 6 nitrogen and oxygen atoms in total. The summed E-state index contributed by atoms with van der Waals surface area (Å²) in [6, 6.07) is 1.87. The summed E-state index contributed by atoms with van der Waals surface area (Å²) in [4.78, 5) is 12.3. The average molecular weight is 398 g/mol. The summed E-state index contributed by atoms with van der Waals surface area (Å²) in [5, 5.41) is 6.77. The van der Waals surface area contributed by atoms with E-state index in [1.165, 1.54) is 12.1 Å². The van der Waals surface area contributed by atoms with Crippen LogP contribution in [-0.2, 0) is 10.0 Å². The first-order valence-electron chi connectivity index (χ1n) is 9.17. The monoisotopic (exact) mass is 397 g/mol. The molecule has 1 unspecified atom stereocenters. The van der Waals surface area contributed by atoms with Crippen molar-refractivity contribution in [3.8, 4) is 0 Å². The topological polar surface area (TPSA) is 87.3 Å². The lowest BCUT2D eigenvalue weighted by molar-refractivity contribution is 0.256. The molecule has 2 amide bonds. The summed E-state index contributed by atoms with van der Waals surface area (Å²) < 4.78 is 40.2. The van der Waals surface area contributed by atoms with Crippen LogP contribution in [0.1, 0.15) is 63.5 Å². The highest BCUT2D eigenvalue weighted by atomic mass is 32.2. The Kier molecular flexibility index (Phi) is 7.00. The lowest BCUT2D eigenvalue weighted by Gasteiger charge is -2.20. The van der Waals surface area contributed by atoms with Crippen LogP contribution in [0.15, 0.2) is 23.6 Å². The number of sulfonamides is 1. The Bertz CT molecular complexity index is 784. The fraction of sp³-hybridized carbons (Fsp3) is 0.526. The molecule has 0 saturated carbocycles. The van der Waals surface area contributed by atoms with Gasteiger partial charge in [-0.25, -0.2) is 22.3 Å². The zero-order valence-electron chi connectivity index (χ0n) is 16.2. The predicted molar refractivity (Wildman–Crippen MR) is 106 cm³/mol. The highest BCUT2D eigenvalue weighted by molar-refractivity contribution is 7.92.